The molecule has 1 aromatic heterocycles. The van der Waals surface area contributed by atoms with Gasteiger partial charge in [-0.2, -0.15) is 5.10 Å². The smallest absolute Gasteiger partial charge is 0.274 e. The van der Waals surface area contributed by atoms with Gasteiger partial charge < -0.3 is 15.1 Å². The first-order valence-corrected chi connectivity index (χ1v) is 12.2. The zero-order valence-corrected chi connectivity index (χ0v) is 20.1. The van der Waals surface area contributed by atoms with E-state index in [1.54, 1.807) is 27.6 Å². The number of anilines is 1. The molecular formula is C27H28FN5O3. The summed E-state index contributed by atoms with van der Waals surface area (Å²) in [6.07, 6.45) is 1.98. The van der Waals surface area contributed by atoms with Crippen molar-refractivity contribution in [1.82, 2.24) is 19.6 Å². The lowest BCUT2D eigenvalue weighted by Gasteiger charge is -2.32. The van der Waals surface area contributed by atoms with Gasteiger partial charge in [-0.25, -0.2) is 4.39 Å². The van der Waals surface area contributed by atoms with E-state index in [9.17, 15) is 18.8 Å². The van der Waals surface area contributed by atoms with Crippen LogP contribution in [0.2, 0.25) is 0 Å². The summed E-state index contributed by atoms with van der Waals surface area (Å²) >= 11 is 0. The predicted molar refractivity (Wildman–Crippen MR) is 132 cm³/mol. The molecule has 1 saturated heterocycles. The standard InChI is InChI=1S/C27H28FN5O3/c1-31-23-12-14-33(26(35)18-7-5-9-20(28)15-18)17-22(23)24(30-31)27(36)32-13-6-8-19(16-32)25(34)29-21-10-3-2-4-11-21/h2-5,7,9-11,15,19H,6,8,12-14,16-17H2,1H3,(H,29,34)/t19-/m0/s1. The Kier molecular flexibility index (Phi) is 6.54. The van der Waals surface area contributed by atoms with Crippen LogP contribution < -0.4 is 5.32 Å². The number of hydrogen-bond acceptors (Lipinski definition) is 4. The molecule has 3 amide bonds. The number of hydrogen-bond donors (Lipinski definition) is 1. The number of para-hydroxylation sites is 1. The molecule has 2 aromatic carbocycles. The number of carbonyl (C=O) groups is 3. The SMILES string of the molecule is Cn1nc(C(=O)N2CCC[C@H](C(=O)Nc3ccccc3)C2)c2c1CCN(C(=O)c1cccc(F)c1)C2. The molecule has 0 spiro atoms. The van der Waals surface area contributed by atoms with Crippen molar-refractivity contribution < 1.29 is 18.8 Å². The Bertz CT molecular complexity index is 1310. The highest BCUT2D eigenvalue weighted by molar-refractivity contribution is 5.97. The second-order valence-electron chi connectivity index (χ2n) is 9.33. The van der Waals surface area contributed by atoms with Crippen LogP contribution in [0.25, 0.3) is 0 Å². The summed E-state index contributed by atoms with van der Waals surface area (Å²) in [7, 11) is 1.80. The Morgan fingerprint density at radius 1 is 1.00 bits per heavy atom. The molecule has 3 heterocycles. The third kappa shape index (κ3) is 4.73. The molecule has 36 heavy (non-hydrogen) atoms. The van der Waals surface area contributed by atoms with Gasteiger partial charge in [-0.3, -0.25) is 19.1 Å². The molecule has 0 saturated carbocycles. The van der Waals surface area contributed by atoms with Crippen molar-refractivity contribution in [2.24, 2.45) is 13.0 Å². The Morgan fingerprint density at radius 2 is 1.81 bits per heavy atom. The van der Waals surface area contributed by atoms with E-state index in [4.69, 9.17) is 0 Å². The summed E-state index contributed by atoms with van der Waals surface area (Å²) in [6.45, 7) is 1.55. The fraction of sp³-hybridized carbons (Fsp3) is 0.333. The molecule has 1 N–H and O–H groups in total. The van der Waals surface area contributed by atoms with E-state index >= 15 is 0 Å². The normalized spacial score (nSPS) is 17.4. The van der Waals surface area contributed by atoms with Crippen LogP contribution >= 0.6 is 0 Å². The lowest BCUT2D eigenvalue weighted by Crippen LogP contribution is -2.44. The van der Waals surface area contributed by atoms with Gasteiger partial charge in [0.1, 0.15) is 5.82 Å². The second-order valence-corrected chi connectivity index (χ2v) is 9.33. The first-order chi connectivity index (χ1) is 17.4. The van der Waals surface area contributed by atoms with Gasteiger partial charge in [-0.15, -0.1) is 0 Å². The summed E-state index contributed by atoms with van der Waals surface area (Å²) in [5.74, 6) is -1.39. The van der Waals surface area contributed by atoms with Gasteiger partial charge in [0.15, 0.2) is 5.69 Å². The van der Waals surface area contributed by atoms with Gasteiger partial charge in [0.05, 0.1) is 12.5 Å². The molecule has 1 fully saturated rings. The molecule has 2 aliphatic rings. The molecule has 5 rings (SSSR count). The summed E-state index contributed by atoms with van der Waals surface area (Å²) in [6, 6.07) is 14.9. The van der Waals surface area contributed by atoms with Crippen LogP contribution in [0.3, 0.4) is 0 Å². The number of aromatic nitrogens is 2. The van der Waals surface area contributed by atoms with E-state index in [1.165, 1.54) is 18.2 Å². The minimum absolute atomic E-state index is 0.103. The maximum absolute atomic E-state index is 13.7. The molecule has 3 aromatic rings. The van der Waals surface area contributed by atoms with E-state index in [-0.39, 0.29) is 35.7 Å². The second kappa shape index (κ2) is 9.93. The number of nitrogens with one attached hydrogen (secondary N) is 1. The number of fused-ring (bicyclic) bond motifs is 1. The van der Waals surface area contributed by atoms with E-state index in [2.05, 4.69) is 10.4 Å². The lowest BCUT2D eigenvalue weighted by atomic mass is 9.96. The molecule has 1 atom stereocenters. The lowest BCUT2D eigenvalue weighted by molar-refractivity contribution is -0.121. The molecule has 0 radical (unpaired) electrons. The van der Waals surface area contributed by atoms with Crippen LogP contribution in [0.4, 0.5) is 10.1 Å². The zero-order chi connectivity index (χ0) is 25.2. The molecule has 2 aliphatic heterocycles. The van der Waals surface area contributed by atoms with Crippen molar-refractivity contribution in [2.45, 2.75) is 25.8 Å². The van der Waals surface area contributed by atoms with Gasteiger partial charge in [0.25, 0.3) is 11.8 Å². The Hall–Kier alpha value is -4.01. The Labute approximate surface area is 208 Å². The summed E-state index contributed by atoms with van der Waals surface area (Å²) < 4.78 is 15.4. The molecule has 186 valence electrons. The highest BCUT2D eigenvalue weighted by atomic mass is 19.1. The highest BCUT2D eigenvalue weighted by Gasteiger charge is 2.34. The summed E-state index contributed by atoms with van der Waals surface area (Å²) in [5, 5.41) is 7.45. The fourth-order valence-electron chi connectivity index (χ4n) is 5.03. The van der Waals surface area contributed by atoms with E-state index < -0.39 is 5.82 Å². The predicted octanol–water partition coefficient (Wildman–Crippen LogP) is 3.25. The maximum Gasteiger partial charge on any atom is 0.274 e. The molecule has 0 bridgehead atoms. The summed E-state index contributed by atoms with van der Waals surface area (Å²) in [5.41, 5.74) is 2.95. The van der Waals surface area contributed by atoms with Gasteiger partial charge >= 0.3 is 0 Å². The molecule has 9 heteroatoms. The van der Waals surface area contributed by atoms with Crippen LogP contribution in [0, 0.1) is 11.7 Å². The number of nitrogens with zero attached hydrogens (tertiary/aromatic N) is 4. The van der Waals surface area contributed by atoms with E-state index in [1.807, 2.05) is 30.3 Å². The van der Waals surface area contributed by atoms with Gasteiger partial charge in [0, 0.05) is 55.6 Å². The first-order valence-electron chi connectivity index (χ1n) is 12.2. The number of benzene rings is 2. The van der Waals surface area contributed by atoms with Crippen LogP contribution in [-0.2, 0) is 24.8 Å². The number of rotatable bonds is 4. The Morgan fingerprint density at radius 3 is 2.58 bits per heavy atom. The van der Waals surface area contributed by atoms with Crippen molar-refractivity contribution in [1.29, 1.82) is 0 Å². The number of piperidine rings is 1. The average Bonchev–Trinajstić information content (AvgIpc) is 3.24. The van der Waals surface area contributed by atoms with Gasteiger partial charge in [0.2, 0.25) is 5.91 Å². The van der Waals surface area contributed by atoms with Crippen molar-refractivity contribution >= 4 is 23.4 Å². The minimum Gasteiger partial charge on any atom is -0.336 e. The number of amides is 3. The molecule has 0 aliphatic carbocycles. The van der Waals surface area contributed by atoms with E-state index in [0.717, 1.165) is 23.4 Å². The quantitative estimate of drug-likeness (QED) is 0.610. The van der Waals surface area contributed by atoms with Crippen LogP contribution in [-0.4, -0.2) is 56.9 Å². The zero-order valence-electron chi connectivity index (χ0n) is 20.1. The molecule has 0 unspecified atom stereocenters. The third-order valence-corrected chi connectivity index (χ3v) is 6.92. The Balaban J connectivity index is 1.31. The van der Waals surface area contributed by atoms with Crippen LogP contribution in [0.15, 0.2) is 54.6 Å². The number of carbonyl (C=O) groups excluding carboxylic acids is 3. The molecular weight excluding hydrogens is 461 g/mol. The van der Waals surface area contributed by atoms with Gasteiger partial charge in [-0.05, 0) is 43.2 Å². The number of aryl methyl sites for hydroxylation is 1. The number of halogens is 1. The van der Waals surface area contributed by atoms with Gasteiger partial charge in [-0.1, -0.05) is 24.3 Å². The summed E-state index contributed by atoms with van der Waals surface area (Å²) in [4.78, 5) is 42.7. The average molecular weight is 490 g/mol. The molecule has 8 nitrogen and oxygen atoms in total. The largest absolute Gasteiger partial charge is 0.336 e. The van der Waals surface area contributed by atoms with Crippen molar-refractivity contribution in [3.63, 3.8) is 0 Å². The maximum atomic E-state index is 13.7. The van der Waals surface area contributed by atoms with Crippen molar-refractivity contribution in [2.75, 3.05) is 25.0 Å². The van der Waals surface area contributed by atoms with Crippen molar-refractivity contribution in [3.8, 4) is 0 Å². The number of likely N-dealkylation sites (tertiary alicyclic amines) is 1. The highest BCUT2D eigenvalue weighted by Crippen LogP contribution is 2.27. The van der Waals surface area contributed by atoms with E-state index in [0.29, 0.717) is 38.2 Å². The van der Waals surface area contributed by atoms with Crippen LogP contribution in [0.1, 0.15) is 44.9 Å². The van der Waals surface area contributed by atoms with Crippen LogP contribution in [0.5, 0.6) is 0 Å². The topological polar surface area (TPSA) is 87.5 Å². The third-order valence-electron chi connectivity index (χ3n) is 6.92. The monoisotopic (exact) mass is 489 g/mol. The first kappa shape index (κ1) is 23.7. The fourth-order valence-corrected chi connectivity index (χ4v) is 5.03. The minimum atomic E-state index is -0.466. The van der Waals surface area contributed by atoms with Crippen molar-refractivity contribution in [3.05, 3.63) is 82.9 Å².